The summed E-state index contributed by atoms with van der Waals surface area (Å²) in [6.45, 7) is 5.66. The second-order valence-electron chi connectivity index (χ2n) is 9.27. The molecule has 1 atom stereocenters. The zero-order valence-corrected chi connectivity index (χ0v) is 22.0. The molecule has 0 unspecified atom stereocenters. The van der Waals surface area contributed by atoms with E-state index in [1.165, 1.54) is 0 Å². The van der Waals surface area contributed by atoms with Gasteiger partial charge in [-0.15, -0.1) is 0 Å². The molecule has 1 amide bonds. The second-order valence-corrected chi connectivity index (χ2v) is 9.27. The molecule has 0 aliphatic carbocycles. The number of aromatic nitrogens is 2. The van der Waals surface area contributed by atoms with Crippen LogP contribution < -0.4 is 38.4 Å². The van der Waals surface area contributed by atoms with Crippen molar-refractivity contribution in [1.29, 1.82) is 0 Å². The lowest BCUT2D eigenvalue weighted by Gasteiger charge is -2.28. The Morgan fingerprint density at radius 2 is 1.82 bits per heavy atom. The van der Waals surface area contributed by atoms with Crippen LogP contribution in [0.25, 0.3) is 0 Å². The van der Waals surface area contributed by atoms with Crippen LogP contribution in [0.1, 0.15) is 42.5 Å². The Morgan fingerprint density at radius 1 is 1.08 bits per heavy atom. The van der Waals surface area contributed by atoms with Crippen molar-refractivity contribution in [3.8, 4) is 0 Å². The van der Waals surface area contributed by atoms with E-state index in [1.54, 1.807) is 29.0 Å². The van der Waals surface area contributed by atoms with Gasteiger partial charge in [0, 0.05) is 49.7 Å². The Morgan fingerprint density at radius 3 is 2.50 bits per heavy atom. The Kier molecular flexibility index (Phi) is 12.0. The van der Waals surface area contributed by atoms with E-state index in [0.29, 0.717) is 38.4 Å². The monoisotopic (exact) mass is 527 g/mol. The van der Waals surface area contributed by atoms with Crippen molar-refractivity contribution in [2.45, 2.75) is 44.7 Å². The van der Waals surface area contributed by atoms with E-state index in [1.807, 2.05) is 12.1 Å². The van der Waals surface area contributed by atoms with Crippen LogP contribution in [0.3, 0.4) is 0 Å². The highest BCUT2D eigenvalue weighted by molar-refractivity contribution is 6.03. The van der Waals surface area contributed by atoms with Crippen molar-refractivity contribution in [3.63, 3.8) is 0 Å². The molecule has 208 valence electrons. The quantitative estimate of drug-likeness (QED) is 0.125. The molecule has 1 aromatic carbocycles. The third-order valence-corrected chi connectivity index (χ3v) is 6.39. The minimum Gasteiger partial charge on any atom is -0.378 e. The van der Waals surface area contributed by atoms with Gasteiger partial charge in [-0.1, -0.05) is 0 Å². The molecule has 8 N–H and O–H groups in total. The lowest BCUT2D eigenvalue weighted by atomic mass is 10.1. The Hall–Kier alpha value is -3.48. The fraction of sp³-hybridized carbons (Fsp3) is 0.538. The largest absolute Gasteiger partial charge is 0.378 e. The minimum absolute atomic E-state index is 0.103. The summed E-state index contributed by atoms with van der Waals surface area (Å²) < 4.78 is 6.94. The number of aryl methyl sites for hydroxylation is 1. The zero-order chi connectivity index (χ0) is 27.2. The van der Waals surface area contributed by atoms with Gasteiger partial charge in [0.05, 0.1) is 13.2 Å². The number of carbonyl (C=O) groups excluding carboxylic acids is 1. The van der Waals surface area contributed by atoms with E-state index >= 15 is 0 Å². The molecular formula is C26H41N9O3. The Bertz CT molecular complexity index is 1080. The summed E-state index contributed by atoms with van der Waals surface area (Å²) in [5.41, 5.74) is 17.6. The molecule has 2 aromatic rings. The topological polar surface area (TPSA) is 179 Å². The first-order valence-corrected chi connectivity index (χ1v) is 13.3. The number of nitrogens with zero attached hydrogens (tertiary/aromatic N) is 4. The molecule has 0 spiro atoms. The third kappa shape index (κ3) is 9.77. The maximum Gasteiger partial charge on any atom is 0.349 e. The summed E-state index contributed by atoms with van der Waals surface area (Å²) in [5.74, 6) is 0.0238. The first kappa shape index (κ1) is 29.1. The zero-order valence-electron chi connectivity index (χ0n) is 22.0. The predicted octanol–water partition coefficient (Wildman–Crippen LogP) is 0.473. The van der Waals surface area contributed by atoms with Crippen LogP contribution in [0.5, 0.6) is 0 Å². The third-order valence-electron chi connectivity index (χ3n) is 6.39. The summed E-state index contributed by atoms with van der Waals surface area (Å²) in [6.07, 6.45) is 6.04. The average molecular weight is 528 g/mol. The molecule has 0 bridgehead atoms. The molecule has 38 heavy (non-hydrogen) atoms. The summed E-state index contributed by atoms with van der Waals surface area (Å²) in [4.78, 5) is 35.5. The number of nitrogens with one attached hydrogen (secondary N) is 2. The summed E-state index contributed by atoms with van der Waals surface area (Å²) in [5, 5.41) is 6.25. The van der Waals surface area contributed by atoms with Crippen molar-refractivity contribution in [2.24, 2.45) is 22.2 Å². The van der Waals surface area contributed by atoms with Gasteiger partial charge in [-0.05, 0) is 75.5 Å². The standard InChI is InChI=1S/C26H41N9O3/c27-11-3-13-30-21(4-1-12-31-25(28)29)5-2-14-35-15-10-23(33-26(35)37)32-24(36)20-6-8-22(9-7-20)34-16-18-38-19-17-34/h6-10,15,21,30H,1-5,11-14,16-19,27H2,(H4,28,29,31)(H,32,33,36,37)/t21-/m0/s1. The van der Waals surface area contributed by atoms with Crippen LogP contribution in [0.2, 0.25) is 0 Å². The Balaban J connectivity index is 1.48. The average Bonchev–Trinajstić information content (AvgIpc) is 2.92. The van der Waals surface area contributed by atoms with Crippen LogP contribution in [0.4, 0.5) is 11.5 Å². The van der Waals surface area contributed by atoms with Gasteiger partial charge in [0.2, 0.25) is 0 Å². The molecule has 2 heterocycles. The van der Waals surface area contributed by atoms with E-state index in [4.69, 9.17) is 21.9 Å². The highest BCUT2D eigenvalue weighted by Gasteiger charge is 2.13. The summed E-state index contributed by atoms with van der Waals surface area (Å²) >= 11 is 0. The molecular weight excluding hydrogens is 486 g/mol. The van der Waals surface area contributed by atoms with Gasteiger partial charge in [-0.3, -0.25) is 14.4 Å². The number of hydrogen-bond acceptors (Lipinski definition) is 8. The number of hydrogen-bond donors (Lipinski definition) is 5. The SMILES string of the molecule is NCCCN[C@@H](CCCN=C(N)N)CCCn1ccc(NC(=O)c2ccc(N3CCOCC3)cc2)nc1=O. The van der Waals surface area contributed by atoms with E-state index in [0.717, 1.165) is 57.4 Å². The molecule has 1 aliphatic heterocycles. The number of benzene rings is 1. The molecule has 1 saturated heterocycles. The van der Waals surface area contributed by atoms with Crippen LogP contribution in [-0.2, 0) is 11.3 Å². The van der Waals surface area contributed by atoms with Crippen LogP contribution in [0.15, 0.2) is 46.3 Å². The van der Waals surface area contributed by atoms with E-state index in [2.05, 4.69) is 25.5 Å². The van der Waals surface area contributed by atoms with Gasteiger partial charge in [-0.25, -0.2) is 4.79 Å². The van der Waals surface area contributed by atoms with Crippen LogP contribution in [0, 0.1) is 0 Å². The van der Waals surface area contributed by atoms with Gasteiger partial charge in [0.1, 0.15) is 5.82 Å². The number of anilines is 2. The fourth-order valence-corrected chi connectivity index (χ4v) is 4.31. The van der Waals surface area contributed by atoms with E-state index in [-0.39, 0.29) is 23.7 Å². The molecule has 1 aromatic heterocycles. The fourth-order valence-electron chi connectivity index (χ4n) is 4.31. The number of carbonyl (C=O) groups is 1. The smallest absolute Gasteiger partial charge is 0.349 e. The highest BCUT2D eigenvalue weighted by Crippen LogP contribution is 2.17. The first-order valence-electron chi connectivity index (χ1n) is 13.3. The minimum atomic E-state index is -0.397. The van der Waals surface area contributed by atoms with Gasteiger partial charge in [-0.2, -0.15) is 4.98 Å². The molecule has 1 aliphatic rings. The first-order chi connectivity index (χ1) is 18.5. The van der Waals surface area contributed by atoms with Crippen molar-refractivity contribution in [2.75, 3.05) is 56.2 Å². The lowest BCUT2D eigenvalue weighted by Crippen LogP contribution is -2.36. The van der Waals surface area contributed by atoms with Crippen LogP contribution in [-0.4, -0.2) is 73.4 Å². The van der Waals surface area contributed by atoms with Crippen molar-refractivity contribution in [3.05, 3.63) is 52.6 Å². The van der Waals surface area contributed by atoms with Gasteiger partial charge >= 0.3 is 5.69 Å². The van der Waals surface area contributed by atoms with E-state index in [9.17, 15) is 9.59 Å². The van der Waals surface area contributed by atoms with Crippen molar-refractivity contribution >= 4 is 23.4 Å². The number of rotatable bonds is 15. The summed E-state index contributed by atoms with van der Waals surface area (Å²) in [7, 11) is 0. The number of aliphatic imine (C=N–C) groups is 1. The number of morpholine rings is 1. The Labute approximate surface area is 223 Å². The number of amides is 1. The molecule has 1 fully saturated rings. The summed E-state index contributed by atoms with van der Waals surface area (Å²) in [6, 6.07) is 9.32. The predicted molar refractivity (Wildman–Crippen MR) is 151 cm³/mol. The number of ether oxygens (including phenoxy) is 1. The maximum atomic E-state index is 12.7. The van der Waals surface area contributed by atoms with Gasteiger partial charge in [0.25, 0.3) is 5.91 Å². The van der Waals surface area contributed by atoms with Crippen molar-refractivity contribution in [1.82, 2.24) is 14.9 Å². The van der Waals surface area contributed by atoms with Crippen molar-refractivity contribution < 1.29 is 9.53 Å². The molecule has 0 saturated carbocycles. The maximum absolute atomic E-state index is 12.7. The normalized spacial score (nSPS) is 14.2. The second kappa shape index (κ2) is 15.7. The number of nitrogens with two attached hydrogens (primary N) is 3. The molecule has 0 radical (unpaired) electrons. The van der Waals surface area contributed by atoms with Crippen LogP contribution >= 0.6 is 0 Å². The highest BCUT2D eigenvalue weighted by atomic mass is 16.5. The molecule has 3 rings (SSSR count). The number of guanidine groups is 1. The molecule has 12 nitrogen and oxygen atoms in total. The van der Waals surface area contributed by atoms with Gasteiger partial charge < -0.3 is 37.5 Å². The van der Waals surface area contributed by atoms with Gasteiger partial charge in [0.15, 0.2) is 5.96 Å². The van der Waals surface area contributed by atoms with E-state index < -0.39 is 5.69 Å². The lowest BCUT2D eigenvalue weighted by molar-refractivity contribution is 0.102. The molecule has 12 heteroatoms.